The number of likely N-dealkylation sites (N-methyl/N-ethyl adjacent to an activating group) is 1. The summed E-state index contributed by atoms with van der Waals surface area (Å²) in [5, 5.41) is 4.47. The predicted molar refractivity (Wildman–Crippen MR) is 130 cm³/mol. The standard InChI is InChI=1S/C25H30Cl2FN3O/c1-17(32)31-16-25(21-5-4-20(28)14-24(21)31)8-11-30(12-9-25)10-7-19(15-29-2)18-3-6-22(26)23(27)13-18/h3-6,13-14,19,29H,7-12,15-16H2,1-2H3. The Bertz CT molecular complexity index is 991. The number of anilines is 1. The molecule has 1 atom stereocenters. The third-order valence-corrected chi connectivity index (χ3v) is 7.87. The minimum absolute atomic E-state index is 0.0207. The molecule has 1 N–H and O–H groups in total. The molecule has 2 aliphatic heterocycles. The van der Waals surface area contributed by atoms with Crippen LogP contribution in [0.15, 0.2) is 36.4 Å². The number of hydrogen-bond acceptors (Lipinski definition) is 3. The monoisotopic (exact) mass is 477 g/mol. The molecule has 32 heavy (non-hydrogen) atoms. The highest BCUT2D eigenvalue weighted by atomic mass is 35.5. The largest absolute Gasteiger partial charge is 0.319 e. The van der Waals surface area contributed by atoms with E-state index >= 15 is 0 Å². The quantitative estimate of drug-likeness (QED) is 0.618. The van der Waals surface area contributed by atoms with Crippen LogP contribution >= 0.6 is 23.2 Å². The van der Waals surface area contributed by atoms with Crippen LogP contribution in [0.2, 0.25) is 10.0 Å². The van der Waals surface area contributed by atoms with Gasteiger partial charge in [0.05, 0.1) is 15.7 Å². The molecule has 1 spiro atoms. The fourth-order valence-corrected chi connectivity index (χ4v) is 5.61. The highest BCUT2D eigenvalue weighted by Gasteiger charge is 2.45. The Labute approximate surface area is 199 Å². The van der Waals surface area contributed by atoms with E-state index in [1.807, 2.05) is 25.2 Å². The lowest BCUT2D eigenvalue weighted by molar-refractivity contribution is -0.116. The van der Waals surface area contributed by atoms with Crippen LogP contribution < -0.4 is 10.2 Å². The zero-order valence-corrected chi connectivity index (χ0v) is 20.1. The molecule has 1 fully saturated rings. The molecule has 0 radical (unpaired) electrons. The van der Waals surface area contributed by atoms with Gasteiger partial charge in [0.2, 0.25) is 5.91 Å². The van der Waals surface area contributed by atoms with Crippen molar-refractivity contribution in [2.24, 2.45) is 0 Å². The number of piperidine rings is 1. The lowest BCUT2D eigenvalue weighted by Crippen LogP contribution is -2.46. The molecular weight excluding hydrogens is 448 g/mol. The Balaban J connectivity index is 1.41. The predicted octanol–water partition coefficient (Wildman–Crippen LogP) is 5.23. The minimum Gasteiger partial charge on any atom is -0.319 e. The fraction of sp³-hybridized carbons (Fsp3) is 0.480. The second-order valence-corrected chi connectivity index (χ2v) is 9.92. The summed E-state index contributed by atoms with van der Waals surface area (Å²) in [4.78, 5) is 16.5. The maximum atomic E-state index is 13.9. The van der Waals surface area contributed by atoms with Crippen molar-refractivity contribution < 1.29 is 9.18 Å². The number of fused-ring (bicyclic) bond motifs is 2. The number of carbonyl (C=O) groups is 1. The molecule has 4 nitrogen and oxygen atoms in total. The van der Waals surface area contributed by atoms with Crippen molar-refractivity contribution in [3.8, 4) is 0 Å². The molecule has 0 aliphatic carbocycles. The smallest absolute Gasteiger partial charge is 0.223 e. The molecule has 1 amide bonds. The molecule has 0 saturated carbocycles. The second-order valence-electron chi connectivity index (χ2n) is 9.11. The lowest BCUT2D eigenvalue weighted by atomic mass is 9.74. The average Bonchev–Trinajstić information content (AvgIpc) is 3.08. The Morgan fingerprint density at radius 2 is 1.91 bits per heavy atom. The normalized spacial score (nSPS) is 18.7. The first-order valence-corrected chi connectivity index (χ1v) is 12.0. The van der Waals surface area contributed by atoms with E-state index in [0.29, 0.717) is 22.5 Å². The number of nitrogens with one attached hydrogen (secondary N) is 1. The van der Waals surface area contributed by atoms with Crippen LogP contribution in [0.4, 0.5) is 10.1 Å². The molecular formula is C25H30Cl2FN3O. The first-order chi connectivity index (χ1) is 15.3. The molecule has 4 rings (SSSR count). The summed E-state index contributed by atoms with van der Waals surface area (Å²) >= 11 is 12.3. The van der Waals surface area contributed by atoms with Gasteiger partial charge in [0.1, 0.15) is 5.82 Å². The summed E-state index contributed by atoms with van der Waals surface area (Å²) in [7, 11) is 1.97. The molecule has 2 aromatic rings. The van der Waals surface area contributed by atoms with Crippen LogP contribution in [0.25, 0.3) is 0 Å². The summed E-state index contributed by atoms with van der Waals surface area (Å²) < 4.78 is 13.9. The number of amides is 1. The van der Waals surface area contributed by atoms with Crippen molar-refractivity contribution in [2.75, 3.05) is 44.7 Å². The second kappa shape index (κ2) is 9.68. The van der Waals surface area contributed by atoms with Crippen molar-refractivity contribution in [3.05, 3.63) is 63.4 Å². The van der Waals surface area contributed by atoms with Crippen molar-refractivity contribution in [3.63, 3.8) is 0 Å². The van der Waals surface area contributed by atoms with Gasteiger partial charge in [0.15, 0.2) is 0 Å². The fourth-order valence-electron chi connectivity index (χ4n) is 5.30. The Hall–Kier alpha value is -1.66. The summed E-state index contributed by atoms with van der Waals surface area (Å²) in [6.07, 6.45) is 2.96. The molecule has 2 aromatic carbocycles. The number of nitrogens with zero attached hydrogens (tertiary/aromatic N) is 2. The van der Waals surface area contributed by atoms with Gasteiger partial charge in [-0.2, -0.15) is 0 Å². The van der Waals surface area contributed by atoms with E-state index in [1.54, 1.807) is 11.8 Å². The molecule has 7 heteroatoms. The Morgan fingerprint density at radius 1 is 1.16 bits per heavy atom. The van der Waals surface area contributed by atoms with E-state index in [2.05, 4.69) is 16.3 Å². The van der Waals surface area contributed by atoms with Gasteiger partial charge in [-0.05, 0) is 87.3 Å². The molecule has 2 aliphatic rings. The zero-order chi connectivity index (χ0) is 22.9. The minimum atomic E-state index is -0.289. The van der Waals surface area contributed by atoms with Gasteiger partial charge in [-0.3, -0.25) is 4.79 Å². The van der Waals surface area contributed by atoms with Gasteiger partial charge in [-0.25, -0.2) is 4.39 Å². The first-order valence-electron chi connectivity index (χ1n) is 11.2. The van der Waals surface area contributed by atoms with Crippen molar-refractivity contribution >= 4 is 34.8 Å². The number of halogens is 3. The third kappa shape index (κ3) is 4.67. The number of carbonyl (C=O) groups excluding carboxylic acids is 1. The van der Waals surface area contributed by atoms with E-state index in [0.717, 1.165) is 56.7 Å². The van der Waals surface area contributed by atoms with Crippen LogP contribution in [0.5, 0.6) is 0 Å². The Kier molecular flexibility index (Phi) is 7.11. The van der Waals surface area contributed by atoms with Crippen LogP contribution in [-0.4, -0.2) is 50.6 Å². The summed E-state index contributed by atoms with van der Waals surface area (Å²) in [6, 6.07) is 10.8. The molecule has 0 aromatic heterocycles. The molecule has 2 heterocycles. The van der Waals surface area contributed by atoms with Crippen LogP contribution in [0.1, 0.15) is 43.2 Å². The molecule has 172 valence electrons. The van der Waals surface area contributed by atoms with Crippen LogP contribution in [0, 0.1) is 5.82 Å². The SMILES string of the molecule is CNCC(CCN1CCC2(CC1)CN(C(C)=O)c1cc(F)ccc12)c1ccc(Cl)c(Cl)c1. The number of benzene rings is 2. The summed E-state index contributed by atoms with van der Waals surface area (Å²) in [6.45, 7) is 6.03. The molecule has 1 saturated heterocycles. The number of rotatable bonds is 6. The van der Waals surface area contributed by atoms with E-state index in [4.69, 9.17) is 23.2 Å². The van der Waals surface area contributed by atoms with Crippen molar-refractivity contribution in [1.29, 1.82) is 0 Å². The van der Waals surface area contributed by atoms with E-state index in [1.165, 1.54) is 17.7 Å². The van der Waals surface area contributed by atoms with E-state index in [-0.39, 0.29) is 17.1 Å². The van der Waals surface area contributed by atoms with Crippen LogP contribution in [0.3, 0.4) is 0 Å². The highest BCUT2D eigenvalue weighted by Crippen LogP contribution is 2.47. The van der Waals surface area contributed by atoms with Gasteiger partial charge in [0.25, 0.3) is 0 Å². The molecule has 0 bridgehead atoms. The zero-order valence-electron chi connectivity index (χ0n) is 18.6. The lowest BCUT2D eigenvalue weighted by Gasteiger charge is -2.40. The maximum Gasteiger partial charge on any atom is 0.223 e. The summed E-state index contributed by atoms with van der Waals surface area (Å²) in [5.74, 6) is 0.0455. The van der Waals surface area contributed by atoms with Gasteiger partial charge in [-0.15, -0.1) is 0 Å². The van der Waals surface area contributed by atoms with E-state index < -0.39 is 0 Å². The number of hydrogen-bond donors (Lipinski definition) is 1. The highest BCUT2D eigenvalue weighted by molar-refractivity contribution is 6.42. The Morgan fingerprint density at radius 3 is 2.56 bits per heavy atom. The van der Waals surface area contributed by atoms with Crippen molar-refractivity contribution in [2.45, 2.75) is 37.5 Å². The van der Waals surface area contributed by atoms with Gasteiger partial charge < -0.3 is 15.1 Å². The first kappa shape index (κ1) is 23.5. The third-order valence-electron chi connectivity index (χ3n) is 7.14. The maximum absolute atomic E-state index is 13.9. The van der Waals surface area contributed by atoms with Crippen molar-refractivity contribution in [1.82, 2.24) is 10.2 Å². The number of likely N-dealkylation sites (tertiary alicyclic amines) is 1. The topological polar surface area (TPSA) is 35.6 Å². The van der Waals surface area contributed by atoms with Gasteiger partial charge in [0, 0.05) is 25.4 Å². The van der Waals surface area contributed by atoms with E-state index in [9.17, 15) is 9.18 Å². The summed E-state index contributed by atoms with van der Waals surface area (Å²) in [5.41, 5.74) is 3.00. The van der Waals surface area contributed by atoms with Crippen LogP contribution in [-0.2, 0) is 10.2 Å². The van der Waals surface area contributed by atoms with Gasteiger partial charge >= 0.3 is 0 Å². The molecule has 1 unspecified atom stereocenters. The van der Waals surface area contributed by atoms with Gasteiger partial charge in [-0.1, -0.05) is 35.3 Å². The average molecular weight is 478 g/mol.